The van der Waals surface area contributed by atoms with E-state index in [1.165, 1.54) is 0 Å². The zero-order valence-electron chi connectivity index (χ0n) is 16.6. The number of amides is 1. The standard InChI is InChI=1S/C21H24ClNO6S/c1-30(25,26)29-19-8-4-16(5-9-19)13-23(14-20-3-2-12-27-20)21(24)15-28-18-10-6-17(22)7-11-18/h4-11,20H,2-3,12-15H2,1H3. The zero-order chi connectivity index (χ0) is 21.6. The maximum atomic E-state index is 12.8. The molecule has 0 saturated carbocycles. The van der Waals surface area contributed by atoms with Crippen LogP contribution in [0.3, 0.4) is 0 Å². The molecule has 0 N–H and O–H groups in total. The predicted molar refractivity (Wildman–Crippen MR) is 113 cm³/mol. The van der Waals surface area contributed by atoms with Gasteiger partial charge in [-0.1, -0.05) is 23.7 Å². The van der Waals surface area contributed by atoms with Crippen molar-refractivity contribution in [2.24, 2.45) is 0 Å². The van der Waals surface area contributed by atoms with Crippen molar-refractivity contribution in [2.75, 3.05) is 26.0 Å². The number of carbonyl (C=O) groups is 1. The summed E-state index contributed by atoms with van der Waals surface area (Å²) in [5, 5.41) is 0.594. The van der Waals surface area contributed by atoms with Gasteiger partial charge in [-0.2, -0.15) is 8.42 Å². The van der Waals surface area contributed by atoms with Gasteiger partial charge in [0.05, 0.1) is 12.4 Å². The molecule has 0 radical (unpaired) electrons. The van der Waals surface area contributed by atoms with E-state index in [0.29, 0.717) is 30.5 Å². The van der Waals surface area contributed by atoms with Crippen molar-refractivity contribution < 1.29 is 26.9 Å². The smallest absolute Gasteiger partial charge is 0.306 e. The quantitative estimate of drug-likeness (QED) is 0.542. The highest BCUT2D eigenvalue weighted by molar-refractivity contribution is 7.86. The normalized spacial score (nSPS) is 16.3. The van der Waals surface area contributed by atoms with E-state index in [1.807, 2.05) is 0 Å². The summed E-state index contributed by atoms with van der Waals surface area (Å²) < 4.78 is 38.6. The van der Waals surface area contributed by atoms with Gasteiger partial charge in [0, 0.05) is 24.7 Å². The number of hydrogen-bond donors (Lipinski definition) is 0. The molecule has 1 amide bonds. The lowest BCUT2D eigenvalue weighted by molar-refractivity contribution is -0.135. The molecule has 30 heavy (non-hydrogen) atoms. The first kappa shape index (κ1) is 22.4. The van der Waals surface area contributed by atoms with Crippen LogP contribution in [0.2, 0.25) is 5.02 Å². The number of ether oxygens (including phenoxy) is 2. The predicted octanol–water partition coefficient (Wildman–Crippen LogP) is 3.27. The van der Waals surface area contributed by atoms with E-state index in [1.54, 1.807) is 53.4 Å². The van der Waals surface area contributed by atoms with Crippen molar-refractivity contribution in [1.82, 2.24) is 4.90 Å². The van der Waals surface area contributed by atoms with Gasteiger partial charge in [0.1, 0.15) is 11.5 Å². The third-order valence-corrected chi connectivity index (χ3v) is 5.27. The molecule has 162 valence electrons. The van der Waals surface area contributed by atoms with E-state index >= 15 is 0 Å². The van der Waals surface area contributed by atoms with Crippen molar-refractivity contribution in [2.45, 2.75) is 25.5 Å². The van der Waals surface area contributed by atoms with E-state index in [2.05, 4.69) is 0 Å². The van der Waals surface area contributed by atoms with Gasteiger partial charge in [-0.15, -0.1) is 0 Å². The summed E-state index contributed by atoms with van der Waals surface area (Å²) in [5.74, 6) is 0.619. The van der Waals surface area contributed by atoms with Crippen LogP contribution >= 0.6 is 11.6 Å². The fourth-order valence-electron chi connectivity index (χ4n) is 3.10. The summed E-state index contributed by atoms with van der Waals surface area (Å²) in [6, 6.07) is 13.4. The minimum atomic E-state index is -3.58. The summed E-state index contributed by atoms with van der Waals surface area (Å²) in [7, 11) is -3.58. The number of benzene rings is 2. The molecule has 1 heterocycles. The Hall–Kier alpha value is -2.29. The van der Waals surface area contributed by atoms with Crippen LogP contribution in [0.25, 0.3) is 0 Å². The zero-order valence-corrected chi connectivity index (χ0v) is 18.2. The first-order chi connectivity index (χ1) is 14.3. The maximum absolute atomic E-state index is 12.8. The van der Waals surface area contributed by atoms with Crippen molar-refractivity contribution in [3.05, 3.63) is 59.1 Å². The van der Waals surface area contributed by atoms with Crippen molar-refractivity contribution in [3.63, 3.8) is 0 Å². The van der Waals surface area contributed by atoms with Crippen molar-refractivity contribution >= 4 is 27.6 Å². The number of nitrogens with zero attached hydrogens (tertiary/aromatic N) is 1. The molecule has 3 rings (SSSR count). The lowest BCUT2D eigenvalue weighted by Gasteiger charge is -2.26. The molecule has 1 fully saturated rings. The average Bonchev–Trinajstić information content (AvgIpc) is 3.20. The van der Waals surface area contributed by atoms with Crippen molar-refractivity contribution in [1.29, 1.82) is 0 Å². The molecule has 1 unspecified atom stereocenters. The molecule has 7 nitrogen and oxygen atoms in total. The van der Waals surface area contributed by atoms with Crippen LogP contribution in [0.1, 0.15) is 18.4 Å². The Kier molecular flexibility index (Phi) is 7.58. The van der Waals surface area contributed by atoms with E-state index in [-0.39, 0.29) is 24.4 Å². The molecule has 1 saturated heterocycles. The van der Waals surface area contributed by atoms with E-state index in [0.717, 1.165) is 24.7 Å². The van der Waals surface area contributed by atoms with E-state index in [9.17, 15) is 13.2 Å². The minimum Gasteiger partial charge on any atom is -0.484 e. The number of carbonyl (C=O) groups excluding carboxylic acids is 1. The Morgan fingerprint density at radius 3 is 2.40 bits per heavy atom. The molecule has 2 aromatic carbocycles. The second-order valence-corrected chi connectivity index (χ2v) is 9.09. The summed E-state index contributed by atoms with van der Waals surface area (Å²) >= 11 is 5.87. The molecule has 2 aromatic rings. The summed E-state index contributed by atoms with van der Waals surface area (Å²) in [6.07, 6.45) is 2.87. The Balaban J connectivity index is 1.65. The fourth-order valence-corrected chi connectivity index (χ4v) is 3.69. The second-order valence-electron chi connectivity index (χ2n) is 7.08. The van der Waals surface area contributed by atoms with Gasteiger partial charge in [-0.05, 0) is 54.8 Å². The summed E-state index contributed by atoms with van der Waals surface area (Å²) in [5.41, 5.74) is 0.841. The molecule has 0 aliphatic carbocycles. The molecule has 0 bridgehead atoms. The number of hydrogen-bond acceptors (Lipinski definition) is 6. The second kappa shape index (κ2) is 10.1. The molecular weight excluding hydrogens is 430 g/mol. The van der Waals surface area contributed by atoms with Crippen molar-refractivity contribution in [3.8, 4) is 11.5 Å². The molecule has 0 spiro atoms. The van der Waals surface area contributed by atoms with Crippen LogP contribution in [-0.4, -0.2) is 51.3 Å². The van der Waals surface area contributed by atoms with Gasteiger partial charge in [0.15, 0.2) is 6.61 Å². The minimum absolute atomic E-state index is 0.00248. The molecule has 9 heteroatoms. The molecular formula is C21H24ClNO6S. The Morgan fingerprint density at radius 2 is 1.80 bits per heavy atom. The average molecular weight is 454 g/mol. The Morgan fingerprint density at radius 1 is 1.13 bits per heavy atom. The first-order valence-corrected chi connectivity index (χ1v) is 11.7. The lowest BCUT2D eigenvalue weighted by Crippen LogP contribution is -2.39. The largest absolute Gasteiger partial charge is 0.484 e. The van der Waals surface area contributed by atoms with Gasteiger partial charge >= 0.3 is 10.1 Å². The number of halogens is 1. The topological polar surface area (TPSA) is 82.1 Å². The summed E-state index contributed by atoms with van der Waals surface area (Å²) in [6.45, 7) is 1.40. The molecule has 0 aromatic heterocycles. The Bertz CT molecular complexity index is 940. The summed E-state index contributed by atoms with van der Waals surface area (Å²) in [4.78, 5) is 14.5. The highest BCUT2D eigenvalue weighted by Crippen LogP contribution is 2.19. The van der Waals surface area contributed by atoms with Crippen LogP contribution in [0.4, 0.5) is 0 Å². The van der Waals surface area contributed by atoms with Crippen LogP contribution in [0.5, 0.6) is 11.5 Å². The Labute approximate surface area is 181 Å². The molecule has 1 aliphatic heterocycles. The molecule has 1 atom stereocenters. The third kappa shape index (κ3) is 7.19. The van der Waals surface area contributed by atoms with E-state index in [4.69, 9.17) is 25.3 Å². The van der Waals surface area contributed by atoms with Crippen LogP contribution in [0.15, 0.2) is 48.5 Å². The van der Waals surface area contributed by atoms with Gasteiger partial charge in [-0.3, -0.25) is 4.79 Å². The van der Waals surface area contributed by atoms with Gasteiger partial charge in [0.25, 0.3) is 5.91 Å². The van der Waals surface area contributed by atoms with E-state index < -0.39 is 10.1 Å². The van der Waals surface area contributed by atoms with Crippen LogP contribution in [0, 0.1) is 0 Å². The van der Waals surface area contributed by atoms with Crippen LogP contribution in [-0.2, 0) is 26.2 Å². The van der Waals surface area contributed by atoms with Gasteiger partial charge in [0.2, 0.25) is 0 Å². The maximum Gasteiger partial charge on any atom is 0.306 e. The number of rotatable bonds is 9. The highest BCUT2D eigenvalue weighted by atomic mass is 35.5. The SMILES string of the molecule is CS(=O)(=O)Oc1ccc(CN(CC2CCCO2)C(=O)COc2ccc(Cl)cc2)cc1. The monoisotopic (exact) mass is 453 g/mol. The highest BCUT2D eigenvalue weighted by Gasteiger charge is 2.23. The lowest BCUT2D eigenvalue weighted by atomic mass is 10.1. The molecule has 1 aliphatic rings. The van der Waals surface area contributed by atoms with Gasteiger partial charge < -0.3 is 18.6 Å². The fraction of sp³-hybridized carbons (Fsp3) is 0.381. The first-order valence-electron chi connectivity index (χ1n) is 9.55. The van der Waals surface area contributed by atoms with Crippen LogP contribution < -0.4 is 8.92 Å². The van der Waals surface area contributed by atoms with Gasteiger partial charge in [-0.25, -0.2) is 0 Å². The third-order valence-electron chi connectivity index (χ3n) is 4.52.